The molecular weight excluding hydrogens is 182 g/mol. The first-order chi connectivity index (χ1) is 6.67. The molecule has 1 N–H and O–H groups in total. The minimum Gasteiger partial charge on any atom is -0.495 e. The molecule has 4 nitrogen and oxygen atoms in total. The fourth-order valence-electron chi connectivity index (χ4n) is 1.24. The zero-order valence-corrected chi connectivity index (χ0v) is 8.65. The van der Waals surface area contributed by atoms with Crippen LogP contribution in [0.3, 0.4) is 0 Å². The third kappa shape index (κ3) is 2.60. The molecule has 0 aromatic carbocycles. The third-order valence-corrected chi connectivity index (χ3v) is 1.87. The van der Waals surface area contributed by atoms with E-state index in [1.807, 2.05) is 0 Å². The smallest absolute Gasteiger partial charge is 0.213 e. The van der Waals surface area contributed by atoms with E-state index in [1.165, 1.54) is 0 Å². The van der Waals surface area contributed by atoms with Gasteiger partial charge in [0.1, 0.15) is 5.75 Å². The van der Waals surface area contributed by atoms with E-state index in [9.17, 15) is 5.11 Å². The average molecular weight is 197 g/mol. The fraction of sp³-hybridized carbons (Fsp3) is 0.500. The summed E-state index contributed by atoms with van der Waals surface area (Å²) in [5.41, 5.74) is 0.898. The second-order valence-corrected chi connectivity index (χ2v) is 3.09. The van der Waals surface area contributed by atoms with Crippen molar-refractivity contribution < 1.29 is 14.6 Å². The van der Waals surface area contributed by atoms with Crippen molar-refractivity contribution in [3.05, 3.63) is 17.8 Å². The van der Waals surface area contributed by atoms with Crippen molar-refractivity contribution in [1.29, 1.82) is 0 Å². The predicted octanol–water partition coefficient (Wildman–Crippen LogP) is 1.02. The van der Waals surface area contributed by atoms with Crippen LogP contribution < -0.4 is 9.47 Å². The Labute approximate surface area is 83.5 Å². The van der Waals surface area contributed by atoms with Gasteiger partial charge in [-0.15, -0.1) is 0 Å². The minimum atomic E-state index is -0.406. The van der Waals surface area contributed by atoms with Gasteiger partial charge in [-0.05, 0) is 6.92 Å². The van der Waals surface area contributed by atoms with Crippen LogP contribution in [0.4, 0.5) is 0 Å². The van der Waals surface area contributed by atoms with Gasteiger partial charge in [-0.1, -0.05) is 0 Å². The number of hydrogen-bond donors (Lipinski definition) is 1. The SMILES string of the molecule is COc1cc(C[C@@H](C)O)c(OC)cn1. The summed E-state index contributed by atoms with van der Waals surface area (Å²) in [7, 11) is 3.13. The molecule has 14 heavy (non-hydrogen) atoms. The first-order valence-electron chi connectivity index (χ1n) is 4.42. The number of aliphatic hydroxyl groups is 1. The number of methoxy groups -OCH3 is 2. The lowest BCUT2D eigenvalue weighted by molar-refractivity contribution is 0.194. The zero-order valence-electron chi connectivity index (χ0n) is 8.65. The molecule has 0 aliphatic heterocycles. The Kier molecular flexibility index (Phi) is 3.71. The number of rotatable bonds is 4. The highest BCUT2D eigenvalue weighted by molar-refractivity contribution is 5.35. The van der Waals surface area contributed by atoms with Gasteiger partial charge in [-0.25, -0.2) is 4.98 Å². The molecular formula is C10H15NO3. The monoisotopic (exact) mass is 197 g/mol. The van der Waals surface area contributed by atoms with E-state index >= 15 is 0 Å². The molecule has 0 spiro atoms. The van der Waals surface area contributed by atoms with Crippen LogP contribution in [0.25, 0.3) is 0 Å². The lowest BCUT2D eigenvalue weighted by Gasteiger charge is -2.10. The Balaban J connectivity index is 2.96. The Morgan fingerprint density at radius 2 is 2.14 bits per heavy atom. The van der Waals surface area contributed by atoms with Gasteiger partial charge >= 0.3 is 0 Å². The number of aliphatic hydroxyl groups excluding tert-OH is 1. The topological polar surface area (TPSA) is 51.6 Å². The molecule has 0 fully saturated rings. The van der Waals surface area contributed by atoms with E-state index in [0.717, 1.165) is 5.56 Å². The maximum Gasteiger partial charge on any atom is 0.213 e. The summed E-state index contributed by atoms with van der Waals surface area (Å²) in [5, 5.41) is 9.27. The van der Waals surface area contributed by atoms with Gasteiger partial charge in [0, 0.05) is 18.1 Å². The van der Waals surface area contributed by atoms with Crippen molar-refractivity contribution in [2.24, 2.45) is 0 Å². The summed E-state index contributed by atoms with van der Waals surface area (Å²) in [5.74, 6) is 1.20. The van der Waals surface area contributed by atoms with Crippen molar-refractivity contribution >= 4 is 0 Å². The van der Waals surface area contributed by atoms with Gasteiger partial charge in [0.05, 0.1) is 26.5 Å². The Bertz CT molecular complexity index is 299. The van der Waals surface area contributed by atoms with Gasteiger partial charge in [-0.3, -0.25) is 0 Å². The molecule has 0 unspecified atom stereocenters. The molecule has 1 aromatic heterocycles. The van der Waals surface area contributed by atoms with E-state index < -0.39 is 6.10 Å². The standard InChI is InChI=1S/C10H15NO3/c1-7(12)4-8-5-10(14-3)11-6-9(8)13-2/h5-7,12H,4H2,1-3H3/t7-/m1/s1. The molecule has 1 heterocycles. The summed E-state index contributed by atoms with van der Waals surface area (Å²) in [6, 6.07) is 1.77. The third-order valence-electron chi connectivity index (χ3n) is 1.87. The molecule has 0 radical (unpaired) electrons. The van der Waals surface area contributed by atoms with Gasteiger partial charge < -0.3 is 14.6 Å². The van der Waals surface area contributed by atoms with Crippen LogP contribution in [-0.4, -0.2) is 30.4 Å². The maximum absolute atomic E-state index is 9.27. The van der Waals surface area contributed by atoms with E-state index in [1.54, 1.807) is 33.4 Å². The van der Waals surface area contributed by atoms with Crippen LogP contribution >= 0.6 is 0 Å². The largest absolute Gasteiger partial charge is 0.495 e. The molecule has 1 rings (SSSR count). The fourth-order valence-corrected chi connectivity index (χ4v) is 1.24. The first-order valence-corrected chi connectivity index (χ1v) is 4.42. The van der Waals surface area contributed by atoms with Crippen LogP contribution in [0.5, 0.6) is 11.6 Å². The number of pyridine rings is 1. The molecule has 0 aliphatic carbocycles. The number of nitrogens with zero attached hydrogens (tertiary/aromatic N) is 1. The summed E-state index contributed by atoms with van der Waals surface area (Å²) in [6.07, 6.45) is 1.72. The van der Waals surface area contributed by atoms with Crippen LogP contribution in [0.1, 0.15) is 12.5 Å². The molecule has 0 saturated carbocycles. The van der Waals surface area contributed by atoms with E-state index in [-0.39, 0.29) is 0 Å². The highest BCUT2D eigenvalue weighted by atomic mass is 16.5. The molecule has 78 valence electrons. The van der Waals surface area contributed by atoms with E-state index in [0.29, 0.717) is 18.1 Å². The number of hydrogen-bond acceptors (Lipinski definition) is 4. The van der Waals surface area contributed by atoms with Crippen LogP contribution in [0.2, 0.25) is 0 Å². The van der Waals surface area contributed by atoms with Crippen molar-refractivity contribution in [2.75, 3.05) is 14.2 Å². The minimum absolute atomic E-state index is 0.406. The maximum atomic E-state index is 9.27. The second kappa shape index (κ2) is 4.81. The van der Waals surface area contributed by atoms with Crippen molar-refractivity contribution in [3.63, 3.8) is 0 Å². The summed E-state index contributed by atoms with van der Waals surface area (Å²) >= 11 is 0. The second-order valence-electron chi connectivity index (χ2n) is 3.09. The zero-order chi connectivity index (χ0) is 10.6. The number of ether oxygens (including phenoxy) is 2. The van der Waals surface area contributed by atoms with E-state index in [4.69, 9.17) is 9.47 Å². The van der Waals surface area contributed by atoms with Crippen LogP contribution in [0, 0.1) is 0 Å². The average Bonchev–Trinajstić information content (AvgIpc) is 2.16. The molecule has 1 aromatic rings. The Morgan fingerprint density at radius 3 is 2.64 bits per heavy atom. The van der Waals surface area contributed by atoms with E-state index in [2.05, 4.69) is 4.98 Å². The van der Waals surface area contributed by atoms with Gasteiger partial charge in [0.15, 0.2) is 0 Å². The molecule has 0 amide bonds. The van der Waals surface area contributed by atoms with Crippen LogP contribution in [0.15, 0.2) is 12.3 Å². The lowest BCUT2D eigenvalue weighted by atomic mass is 10.1. The summed E-state index contributed by atoms with van der Waals surface area (Å²) < 4.78 is 10.1. The molecule has 1 atom stereocenters. The van der Waals surface area contributed by atoms with Crippen LogP contribution in [-0.2, 0) is 6.42 Å². The number of aromatic nitrogens is 1. The van der Waals surface area contributed by atoms with Crippen molar-refractivity contribution in [1.82, 2.24) is 4.98 Å². The lowest BCUT2D eigenvalue weighted by Crippen LogP contribution is -2.06. The quantitative estimate of drug-likeness (QED) is 0.783. The molecule has 0 saturated heterocycles. The Hall–Kier alpha value is -1.29. The molecule has 0 bridgehead atoms. The highest BCUT2D eigenvalue weighted by Gasteiger charge is 2.08. The molecule has 4 heteroatoms. The highest BCUT2D eigenvalue weighted by Crippen LogP contribution is 2.22. The van der Waals surface area contributed by atoms with Gasteiger partial charge in [-0.2, -0.15) is 0 Å². The molecule has 0 aliphatic rings. The van der Waals surface area contributed by atoms with Gasteiger partial charge in [0.25, 0.3) is 0 Å². The Morgan fingerprint density at radius 1 is 1.43 bits per heavy atom. The summed E-state index contributed by atoms with van der Waals surface area (Å²) in [6.45, 7) is 1.73. The van der Waals surface area contributed by atoms with Crippen molar-refractivity contribution in [3.8, 4) is 11.6 Å². The van der Waals surface area contributed by atoms with Crippen molar-refractivity contribution in [2.45, 2.75) is 19.4 Å². The van der Waals surface area contributed by atoms with Gasteiger partial charge in [0.2, 0.25) is 5.88 Å². The normalized spacial score (nSPS) is 12.3. The predicted molar refractivity (Wildman–Crippen MR) is 52.7 cm³/mol. The summed E-state index contributed by atoms with van der Waals surface area (Å²) in [4.78, 5) is 4.01. The first kappa shape index (κ1) is 10.8.